The minimum atomic E-state index is -1.12. The van der Waals surface area contributed by atoms with Gasteiger partial charge in [-0.15, -0.1) is 0 Å². The average molecular weight is 278 g/mol. The summed E-state index contributed by atoms with van der Waals surface area (Å²) in [5.74, 6) is -0.956. The third-order valence-corrected chi connectivity index (χ3v) is 2.80. The van der Waals surface area contributed by atoms with E-state index in [0.29, 0.717) is 11.3 Å². The number of halogens is 2. The Hall–Kier alpha value is -1.46. The van der Waals surface area contributed by atoms with Crippen molar-refractivity contribution in [1.82, 2.24) is 0 Å². The summed E-state index contributed by atoms with van der Waals surface area (Å²) in [6, 6.07) is 2.99. The molecule has 0 saturated carbocycles. The summed E-state index contributed by atoms with van der Waals surface area (Å²) in [6.07, 6.45) is 0. The molecule has 0 aliphatic rings. The molecule has 0 fully saturated rings. The summed E-state index contributed by atoms with van der Waals surface area (Å²) in [7, 11) is 0. The van der Waals surface area contributed by atoms with E-state index in [1.807, 2.05) is 0 Å². The summed E-state index contributed by atoms with van der Waals surface area (Å²) in [5, 5.41) is 20.3. The maximum absolute atomic E-state index is 10.3. The fraction of sp³-hybridized carbons (Fsp3) is 0.200. The first-order valence-electron chi connectivity index (χ1n) is 4.49. The Morgan fingerprint density at radius 2 is 2.06 bits per heavy atom. The van der Waals surface area contributed by atoms with Crippen molar-refractivity contribution < 1.29 is 19.8 Å². The Labute approximate surface area is 107 Å². The number of carboxylic acid groups (broad SMARTS) is 1. The van der Waals surface area contributed by atoms with E-state index in [1.54, 1.807) is 6.92 Å². The van der Waals surface area contributed by atoms with Gasteiger partial charge in [0.25, 0.3) is 0 Å². The first kappa shape index (κ1) is 13.6. The van der Waals surface area contributed by atoms with E-state index in [2.05, 4.69) is 5.16 Å². The van der Waals surface area contributed by atoms with Gasteiger partial charge >= 0.3 is 5.97 Å². The third kappa shape index (κ3) is 3.25. The van der Waals surface area contributed by atoms with Crippen molar-refractivity contribution in [3.05, 3.63) is 27.7 Å². The predicted molar refractivity (Wildman–Crippen MR) is 63.6 cm³/mol. The van der Waals surface area contributed by atoms with Crippen molar-refractivity contribution in [2.24, 2.45) is 5.16 Å². The van der Waals surface area contributed by atoms with Crippen molar-refractivity contribution in [3.63, 3.8) is 0 Å². The Kier molecular flexibility index (Phi) is 4.60. The molecule has 0 saturated heterocycles. The van der Waals surface area contributed by atoms with Crippen LogP contribution in [-0.4, -0.2) is 28.6 Å². The van der Waals surface area contributed by atoms with Crippen LogP contribution < -0.4 is 4.74 Å². The lowest BCUT2D eigenvalue weighted by molar-refractivity contribution is -0.139. The monoisotopic (exact) mass is 277 g/mol. The number of oxime groups is 1. The molecule has 0 unspecified atom stereocenters. The van der Waals surface area contributed by atoms with E-state index in [1.165, 1.54) is 12.1 Å². The van der Waals surface area contributed by atoms with Gasteiger partial charge in [-0.1, -0.05) is 28.4 Å². The molecule has 0 bridgehead atoms. The minimum absolute atomic E-state index is 0.0772. The van der Waals surface area contributed by atoms with Crippen LogP contribution in [0, 0.1) is 0 Å². The van der Waals surface area contributed by atoms with Gasteiger partial charge in [-0.3, -0.25) is 0 Å². The maximum Gasteiger partial charge on any atom is 0.341 e. The van der Waals surface area contributed by atoms with Gasteiger partial charge in [-0.25, -0.2) is 4.79 Å². The van der Waals surface area contributed by atoms with E-state index in [0.717, 1.165) is 0 Å². The fourth-order valence-corrected chi connectivity index (χ4v) is 1.63. The molecule has 2 N–H and O–H groups in total. The van der Waals surface area contributed by atoms with Gasteiger partial charge in [0.2, 0.25) is 0 Å². The zero-order chi connectivity index (χ0) is 13.0. The van der Waals surface area contributed by atoms with E-state index in [4.69, 9.17) is 38.3 Å². The van der Waals surface area contributed by atoms with Crippen LogP contribution in [0.5, 0.6) is 5.75 Å². The van der Waals surface area contributed by atoms with Gasteiger partial charge < -0.3 is 15.1 Å². The number of hydrogen-bond acceptors (Lipinski definition) is 4. The molecular weight excluding hydrogens is 269 g/mol. The highest BCUT2D eigenvalue weighted by Gasteiger charge is 2.13. The van der Waals surface area contributed by atoms with Gasteiger partial charge in [0, 0.05) is 5.56 Å². The number of aliphatic carboxylic acids is 1. The van der Waals surface area contributed by atoms with E-state index < -0.39 is 12.6 Å². The number of rotatable bonds is 4. The van der Waals surface area contributed by atoms with Gasteiger partial charge in [0.05, 0.1) is 10.7 Å². The van der Waals surface area contributed by atoms with Gasteiger partial charge in [0.15, 0.2) is 6.61 Å². The highest BCUT2D eigenvalue weighted by Crippen LogP contribution is 2.34. The summed E-state index contributed by atoms with van der Waals surface area (Å²) < 4.78 is 4.93. The van der Waals surface area contributed by atoms with Crippen LogP contribution >= 0.6 is 23.2 Å². The predicted octanol–water partition coefficient (Wildman–Crippen LogP) is 2.66. The normalized spacial score (nSPS) is 11.4. The molecule has 1 aromatic carbocycles. The Morgan fingerprint density at radius 1 is 1.41 bits per heavy atom. The van der Waals surface area contributed by atoms with Crippen molar-refractivity contribution in [2.45, 2.75) is 6.92 Å². The minimum Gasteiger partial charge on any atom is -0.480 e. The molecule has 0 atom stereocenters. The van der Waals surface area contributed by atoms with Crippen LogP contribution in [0.1, 0.15) is 12.5 Å². The molecule has 92 valence electrons. The lowest BCUT2D eigenvalue weighted by Crippen LogP contribution is -2.10. The molecule has 0 spiro atoms. The Bertz CT molecular complexity index is 474. The average Bonchev–Trinajstić information content (AvgIpc) is 2.30. The molecule has 0 aliphatic carbocycles. The first-order chi connectivity index (χ1) is 7.97. The lowest BCUT2D eigenvalue weighted by atomic mass is 10.1. The highest BCUT2D eigenvalue weighted by molar-refractivity contribution is 6.44. The van der Waals surface area contributed by atoms with E-state index in [9.17, 15) is 4.79 Å². The zero-order valence-corrected chi connectivity index (χ0v) is 10.3. The highest BCUT2D eigenvalue weighted by atomic mass is 35.5. The molecule has 5 nitrogen and oxygen atoms in total. The Balaban J connectivity index is 3.06. The quantitative estimate of drug-likeness (QED) is 0.504. The molecule has 17 heavy (non-hydrogen) atoms. The van der Waals surface area contributed by atoms with Crippen LogP contribution in [0.15, 0.2) is 17.3 Å². The topological polar surface area (TPSA) is 79.1 Å². The smallest absolute Gasteiger partial charge is 0.341 e. The third-order valence-electron chi connectivity index (χ3n) is 1.94. The largest absolute Gasteiger partial charge is 0.480 e. The van der Waals surface area contributed by atoms with Crippen LogP contribution in [0.3, 0.4) is 0 Å². The zero-order valence-electron chi connectivity index (χ0n) is 8.78. The number of carbonyl (C=O) groups is 1. The van der Waals surface area contributed by atoms with Crippen molar-refractivity contribution in [2.75, 3.05) is 6.61 Å². The van der Waals surface area contributed by atoms with E-state index >= 15 is 0 Å². The second-order valence-corrected chi connectivity index (χ2v) is 3.86. The summed E-state index contributed by atoms with van der Waals surface area (Å²) in [4.78, 5) is 10.3. The standard InChI is InChI=1S/C10H9Cl2NO4/c1-5(13-16)6-2-3-7(10(12)9(6)11)17-4-8(14)15/h2-3,16H,4H2,1H3,(H,14,15)/b13-5+. The molecular formula is C10H9Cl2NO4. The van der Waals surface area contributed by atoms with Crippen molar-refractivity contribution in [1.29, 1.82) is 0 Å². The molecule has 0 heterocycles. The van der Waals surface area contributed by atoms with Crippen molar-refractivity contribution in [3.8, 4) is 5.75 Å². The summed E-state index contributed by atoms with van der Waals surface area (Å²) in [6.45, 7) is 1.04. The van der Waals surface area contributed by atoms with Crippen LogP contribution in [0.4, 0.5) is 0 Å². The van der Waals surface area contributed by atoms with Crippen LogP contribution in [-0.2, 0) is 4.79 Å². The molecule has 0 radical (unpaired) electrons. The van der Waals surface area contributed by atoms with Gasteiger partial charge in [-0.2, -0.15) is 0 Å². The second kappa shape index (κ2) is 5.75. The second-order valence-electron chi connectivity index (χ2n) is 3.11. The maximum atomic E-state index is 10.3. The SMILES string of the molecule is C/C(=N\O)c1ccc(OCC(=O)O)c(Cl)c1Cl. The van der Waals surface area contributed by atoms with Gasteiger partial charge in [-0.05, 0) is 19.1 Å². The summed E-state index contributed by atoms with van der Waals surface area (Å²) >= 11 is 11.8. The molecule has 1 aromatic rings. The summed E-state index contributed by atoms with van der Waals surface area (Å²) in [5.41, 5.74) is 0.739. The molecule has 7 heteroatoms. The molecule has 1 rings (SSSR count). The number of benzene rings is 1. The molecule has 0 aromatic heterocycles. The lowest BCUT2D eigenvalue weighted by Gasteiger charge is -2.09. The van der Waals surface area contributed by atoms with Gasteiger partial charge in [0.1, 0.15) is 10.8 Å². The van der Waals surface area contributed by atoms with E-state index in [-0.39, 0.29) is 15.8 Å². The van der Waals surface area contributed by atoms with Crippen LogP contribution in [0.25, 0.3) is 0 Å². The molecule has 0 amide bonds. The number of carboxylic acids is 1. The number of nitrogens with zero attached hydrogens (tertiary/aromatic N) is 1. The molecule has 0 aliphatic heterocycles. The fourth-order valence-electron chi connectivity index (χ4n) is 1.12. The first-order valence-corrected chi connectivity index (χ1v) is 5.24. The van der Waals surface area contributed by atoms with Crippen LogP contribution in [0.2, 0.25) is 10.0 Å². The van der Waals surface area contributed by atoms with Crippen molar-refractivity contribution >= 4 is 34.9 Å². The number of hydrogen-bond donors (Lipinski definition) is 2. The number of ether oxygens (including phenoxy) is 1. The Morgan fingerprint density at radius 3 is 2.59 bits per heavy atom.